The Balaban J connectivity index is 0.965. The zero-order chi connectivity index (χ0) is 27.1. The van der Waals surface area contributed by atoms with Gasteiger partial charge in [0.05, 0.1) is 5.60 Å². The number of carbonyl (C=O) groups is 1. The van der Waals surface area contributed by atoms with Gasteiger partial charge in [0.15, 0.2) is 0 Å². The first-order valence-corrected chi connectivity index (χ1v) is 15.1. The third kappa shape index (κ3) is 8.29. The second-order valence-electron chi connectivity index (χ2n) is 12.4. The molecule has 0 saturated carbocycles. The molecule has 0 radical (unpaired) electrons. The molecule has 0 aromatic heterocycles. The quantitative estimate of drug-likeness (QED) is 0.460. The lowest BCUT2D eigenvalue weighted by Gasteiger charge is -2.40. The summed E-state index contributed by atoms with van der Waals surface area (Å²) in [5.74, 6) is 2.18. The highest BCUT2D eigenvalue weighted by Gasteiger charge is 2.35. The largest absolute Gasteiger partial charge is 0.492 e. The van der Waals surface area contributed by atoms with Gasteiger partial charge in [0.25, 0.3) is 0 Å². The minimum atomic E-state index is -0.185. The lowest BCUT2D eigenvalue weighted by atomic mass is 9.87. The van der Waals surface area contributed by atoms with E-state index in [9.17, 15) is 4.79 Å². The number of nitrogens with zero attached hydrogens (tertiary/aromatic N) is 3. The number of hydrogen-bond acceptors (Lipinski definition) is 5. The summed E-state index contributed by atoms with van der Waals surface area (Å²) in [7, 11) is 0. The number of piperidine rings is 1. The second kappa shape index (κ2) is 13.3. The maximum atomic E-state index is 13.0. The lowest BCUT2D eigenvalue weighted by Crippen LogP contribution is -2.52. The van der Waals surface area contributed by atoms with Crippen molar-refractivity contribution in [3.8, 4) is 5.75 Å². The van der Waals surface area contributed by atoms with Crippen LogP contribution in [0.3, 0.4) is 0 Å². The van der Waals surface area contributed by atoms with Crippen LogP contribution in [0.1, 0.15) is 50.7 Å². The third-order valence-corrected chi connectivity index (χ3v) is 8.81. The summed E-state index contributed by atoms with van der Waals surface area (Å²) in [4.78, 5) is 20.1. The van der Waals surface area contributed by atoms with Crippen LogP contribution in [0.25, 0.3) is 0 Å². The molecule has 0 bridgehead atoms. The van der Waals surface area contributed by atoms with E-state index in [2.05, 4.69) is 83.1 Å². The molecule has 212 valence electrons. The van der Waals surface area contributed by atoms with Gasteiger partial charge in [-0.3, -0.25) is 14.6 Å². The maximum Gasteiger partial charge on any atom is 0.225 e. The fourth-order valence-electron chi connectivity index (χ4n) is 6.43. The van der Waals surface area contributed by atoms with Crippen LogP contribution in [0, 0.1) is 11.8 Å². The van der Waals surface area contributed by atoms with Crippen LogP contribution in [-0.2, 0) is 22.5 Å². The van der Waals surface area contributed by atoms with Gasteiger partial charge in [-0.05, 0) is 88.2 Å². The highest BCUT2D eigenvalue weighted by atomic mass is 16.5. The minimum absolute atomic E-state index is 0.109. The number of ether oxygens (including phenoxy) is 2. The van der Waals surface area contributed by atoms with E-state index >= 15 is 0 Å². The Bertz CT molecular complexity index is 1030. The van der Waals surface area contributed by atoms with Crippen LogP contribution in [0.5, 0.6) is 5.75 Å². The van der Waals surface area contributed by atoms with Gasteiger partial charge in [-0.25, -0.2) is 0 Å². The summed E-state index contributed by atoms with van der Waals surface area (Å²) in [6.07, 6.45) is 5.45. The molecule has 1 atom stereocenters. The van der Waals surface area contributed by atoms with Gasteiger partial charge >= 0.3 is 0 Å². The zero-order valence-corrected chi connectivity index (χ0v) is 24.0. The van der Waals surface area contributed by atoms with Gasteiger partial charge in [-0.15, -0.1) is 0 Å². The summed E-state index contributed by atoms with van der Waals surface area (Å²) in [6, 6.07) is 19.6. The van der Waals surface area contributed by atoms with E-state index in [1.54, 1.807) is 0 Å². The van der Waals surface area contributed by atoms with Gasteiger partial charge in [0.1, 0.15) is 12.4 Å². The first-order chi connectivity index (χ1) is 18.9. The monoisotopic (exact) mass is 533 g/mol. The highest BCUT2D eigenvalue weighted by molar-refractivity contribution is 5.79. The number of rotatable bonds is 9. The number of piperazine rings is 1. The molecule has 2 aromatic carbocycles. The van der Waals surface area contributed by atoms with Gasteiger partial charge in [-0.2, -0.15) is 0 Å². The lowest BCUT2D eigenvalue weighted by molar-refractivity contribution is -0.147. The molecular weight excluding hydrogens is 486 g/mol. The van der Waals surface area contributed by atoms with Crippen molar-refractivity contribution in [1.82, 2.24) is 14.7 Å². The topological polar surface area (TPSA) is 45.2 Å². The average molecular weight is 534 g/mol. The molecule has 3 fully saturated rings. The summed E-state index contributed by atoms with van der Waals surface area (Å²) in [5.41, 5.74) is 2.65. The van der Waals surface area contributed by atoms with E-state index < -0.39 is 0 Å². The Kier molecular flexibility index (Phi) is 9.59. The minimum Gasteiger partial charge on any atom is -0.492 e. The van der Waals surface area contributed by atoms with Crippen molar-refractivity contribution in [1.29, 1.82) is 0 Å². The normalized spacial score (nSPS) is 23.0. The van der Waals surface area contributed by atoms with Crippen LogP contribution < -0.4 is 4.74 Å². The SMILES string of the molecule is CC1(C)C[C@H](C(=O)N2CCN(CCOc3ccc(CN4CCC(Cc5ccccc5)CC4)cc3)CC2)CCO1. The van der Waals surface area contributed by atoms with Crippen molar-refractivity contribution in [2.45, 2.75) is 58.1 Å². The molecule has 39 heavy (non-hydrogen) atoms. The maximum absolute atomic E-state index is 13.0. The molecule has 1 amide bonds. The second-order valence-corrected chi connectivity index (χ2v) is 12.4. The first kappa shape index (κ1) is 28.1. The predicted molar refractivity (Wildman–Crippen MR) is 156 cm³/mol. The van der Waals surface area contributed by atoms with E-state index in [1.165, 1.54) is 43.5 Å². The molecule has 2 aromatic rings. The van der Waals surface area contributed by atoms with Crippen molar-refractivity contribution in [3.05, 3.63) is 65.7 Å². The van der Waals surface area contributed by atoms with E-state index in [0.717, 1.165) is 63.8 Å². The van der Waals surface area contributed by atoms with E-state index in [0.29, 0.717) is 19.1 Å². The number of carbonyl (C=O) groups excluding carboxylic acids is 1. The van der Waals surface area contributed by atoms with Crippen LogP contribution in [0.4, 0.5) is 0 Å². The standard InChI is InChI=1S/C33H47N3O3/c1-33(2)25-30(14-22-39-33)32(37)36-19-17-34(18-20-36)21-23-38-31-10-8-29(9-11-31)26-35-15-12-28(13-16-35)24-27-6-4-3-5-7-27/h3-11,28,30H,12-26H2,1-2H3/t30-/m1/s1. The molecule has 3 heterocycles. The highest BCUT2D eigenvalue weighted by Crippen LogP contribution is 2.30. The van der Waals surface area contributed by atoms with Crippen molar-refractivity contribution >= 4 is 5.91 Å². The summed E-state index contributed by atoms with van der Waals surface area (Å²) < 4.78 is 11.9. The third-order valence-electron chi connectivity index (χ3n) is 8.81. The summed E-state index contributed by atoms with van der Waals surface area (Å²) >= 11 is 0. The molecule has 6 nitrogen and oxygen atoms in total. The van der Waals surface area contributed by atoms with E-state index in [4.69, 9.17) is 9.47 Å². The predicted octanol–water partition coefficient (Wildman–Crippen LogP) is 4.87. The summed E-state index contributed by atoms with van der Waals surface area (Å²) in [6.45, 7) is 13.3. The number of hydrogen-bond donors (Lipinski definition) is 0. The van der Waals surface area contributed by atoms with Crippen LogP contribution in [0.2, 0.25) is 0 Å². The molecule has 0 unspecified atom stereocenters. The molecule has 3 saturated heterocycles. The molecule has 3 aliphatic heterocycles. The van der Waals surface area contributed by atoms with Gasteiger partial charge in [-0.1, -0.05) is 42.5 Å². The number of likely N-dealkylation sites (tertiary alicyclic amines) is 1. The van der Waals surface area contributed by atoms with Gasteiger partial charge in [0.2, 0.25) is 5.91 Å². The Morgan fingerprint density at radius 2 is 1.59 bits per heavy atom. The van der Waals surface area contributed by atoms with Gasteiger partial charge < -0.3 is 14.4 Å². The number of benzene rings is 2. The Labute approximate surface area is 235 Å². The smallest absolute Gasteiger partial charge is 0.225 e. The zero-order valence-electron chi connectivity index (χ0n) is 24.0. The van der Waals surface area contributed by atoms with Crippen molar-refractivity contribution in [3.63, 3.8) is 0 Å². The summed E-state index contributed by atoms with van der Waals surface area (Å²) in [5, 5.41) is 0. The molecule has 5 rings (SSSR count). The van der Waals surface area contributed by atoms with Crippen LogP contribution in [-0.4, -0.2) is 85.2 Å². The molecule has 6 heteroatoms. The molecule has 0 spiro atoms. The Hall–Kier alpha value is -2.41. The molecule has 0 aliphatic carbocycles. The van der Waals surface area contributed by atoms with Crippen molar-refractivity contribution in [2.24, 2.45) is 11.8 Å². The van der Waals surface area contributed by atoms with E-state index in [1.807, 2.05) is 0 Å². The molecule has 3 aliphatic rings. The Morgan fingerprint density at radius 3 is 2.28 bits per heavy atom. The van der Waals surface area contributed by atoms with Crippen LogP contribution in [0.15, 0.2) is 54.6 Å². The molecule has 0 N–H and O–H groups in total. The van der Waals surface area contributed by atoms with Crippen molar-refractivity contribution in [2.75, 3.05) is 59.0 Å². The average Bonchev–Trinajstić information content (AvgIpc) is 2.95. The van der Waals surface area contributed by atoms with E-state index in [-0.39, 0.29) is 11.5 Å². The number of amides is 1. The fraction of sp³-hybridized carbons (Fsp3) is 0.606. The Morgan fingerprint density at radius 1 is 0.872 bits per heavy atom. The van der Waals surface area contributed by atoms with Crippen LogP contribution >= 0.6 is 0 Å². The van der Waals surface area contributed by atoms with Gasteiger partial charge in [0, 0.05) is 51.8 Å². The fourth-order valence-corrected chi connectivity index (χ4v) is 6.43. The molecular formula is C33H47N3O3. The van der Waals surface area contributed by atoms with Crippen molar-refractivity contribution < 1.29 is 14.3 Å². The first-order valence-electron chi connectivity index (χ1n) is 15.1.